The van der Waals surface area contributed by atoms with Crippen molar-refractivity contribution in [3.63, 3.8) is 0 Å². The van der Waals surface area contributed by atoms with Gasteiger partial charge in [0.05, 0.1) is 4.87 Å². The Labute approximate surface area is 117 Å². The van der Waals surface area contributed by atoms with Crippen LogP contribution in [0.2, 0.25) is 0 Å². The Morgan fingerprint density at radius 3 is 2.53 bits per heavy atom. The number of hydrogen-bond donors (Lipinski definition) is 2. The maximum Gasteiger partial charge on any atom is 0.321 e. The Morgan fingerprint density at radius 2 is 1.95 bits per heavy atom. The van der Waals surface area contributed by atoms with Crippen molar-refractivity contribution in [2.24, 2.45) is 0 Å². The van der Waals surface area contributed by atoms with Crippen LogP contribution in [0.1, 0.15) is 37.2 Å². The molecule has 1 heterocycles. The fourth-order valence-electron chi connectivity index (χ4n) is 3.21. The van der Waals surface area contributed by atoms with Crippen LogP contribution in [0.4, 0.5) is 0 Å². The molecule has 1 spiro atoms. The molecule has 2 fully saturated rings. The van der Waals surface area contributed by atoms with Crippen LogP contribution in [0, 0.1) is 0 Å². The van der Waals surface area contributed by atoms with Gasteiger partial charge in [0.2, 0.25) is 0 Å². The molecule has 0 unspecified atom stereocenters. The van der Waals surface area contributed by atoms with E-state index in [2.05, 4.69) is 35.6 Å². The van der Waals surface area contributed by atoms with Crippen LogP contribution >= 0.6 is 11.8 Å². The molecule has 102 valence electrons. The lowest BCUT2D eigenvalue weighted by Crippen LogP contribution is -2.46. The summed E-state index contributed by atoms with van der Waals surface area (Å²) in [6.07, 6.45) is 4.44. The summed E-state index contributed by atoms with van der Waals surface area (Å²) < 4.78 is 0. The van der Waals surface area contributed by atoms with Gasteiger partial charge in [0.15, 0.2) is 0 Å². The molecule has 2 N–H and O–H groups in total. The molecule has 3 rings (SSSR count). The van der Waals surface area contributed by atoms with Gasteiger partial charge in [-0.05, 0) is 37.2 Å². The minimum atomic E-state index is -0.713. The van der Waals surface area contributed by atoms with Crippen molar-refractivity contribution in [1.29, 1.82) is 0 Å². The third kappa shape index (κ3) is 2.65. The van der Waals surface area contributed by atoms with Gasteiger partial charge < -0.3 is 5.11 Å². The van der Waals surface area contributed by atoms with E-state index < -0.39 is 5.97 Å². The molecule has 4 heteroatoms. The van der Waals surface area contributed by atoms with Gasteiger partial charge in [-0.3, -0.25) is 10.1 Å². The predicted molar refractivity (Wildman–Crippen MR) is 77.4 cm³/mol. The van der Waals surface area contributed by atoms with Crippen LogP contribution in [0.5, 0.6) is 0 Å². The summed E-state index contributed by atoms with van der Waals surface area (Å²) in [6.45, 7) is 0. The summed E-state index contributed by atoms with van der Waals surface area (Å²) in [7, 11) is 0. The first-order valence-corrected chi connectivity index (χ1v) is 7.86. The van der Waals surface area contributed by atoms with E-state index >= 15 is 0 Å². The van der Waals surface area contributed by atoms with Crippen molar-refractivity contribution in [2.75, 3.05) is 5.75 Å². The van der Waals surface area contributed by atoms with Crippen LogP contribution in [0.15, 0.2) is 30.3 Å². The second-order valence-corrected chi connectivity index (χ2v) is 6.93. The highest BCUT2D eigenvalue weighted by molar-refractivity contribution is 8.00. The first-order chi connectivity index (χ1) is 9.19. The minimum Gasteiger partial charge on any atom is -0.480 e. The maximum atomic E-state index is 11.0. The third-order valence-corrected chi connectivity index (χ3v) is 5.90. The Balaban J connectivity index is 1.63. The van der Waals surface area contributed by atoms with Crippen molar-refractivity contribution in [1.82, 2.24) is 5.32 Å². The van der Waals surface area contributed by atoms with Gasteiger partial charge in [-0.2, -0.15) is 0 Å². The van der Waals surface area contributed by atoms with E-state index in [-0.39, 0.29) is 10.9 Å². The number of thioether (sulfide) groups is 1. The van der Waals surface area contributed by atoms with Crippen LogP contribution in [0.3, 0.4) is 0 Å². The molecule has 1 aromatic rings. The highest BCUT2D eigenvalue weighted by atomic mass is 32.2. The lowest BCUT2D eigenvalue weighted by Gasteiger charge is -2.37. The Bertz CT molecular complexity index is 454. The largest absolute Gasteiger partial charge is 0.480 e. The number of nitrogens with one attached hydrogen (secondary N) is 1. The molecular weight excluding hydrogens is 258 g/mol. The van der Waals surface area contributed by atoms with Gasteiger partial charge in [0, 0.05) is 5.75 Å². The van der Waals surface area contributed by atoms with Crippen molar-refractivity contribution in [2.45, 2.75) is 42.5 Å². The van der Waals surface area contributed by atoms with Gasteiger partial charge in [-0.1, -0.05) is 30.3 Å². The Kier molecular flexibility index (Phi) is 3.54. The van der Waals surface area contributed by atoms with E-state index in [0.717, 1.165) is 25.7 Å². The van der Waals surface area contributed by atoms with Crippen molar-refractivity contribution >= 4 is 17.7 Å². The number of carbonyl (C=O) groups is 1. The first kappa shape index (κ1) is 13.0. The molecule has 0 bridgehead atoms. The topological polar surface area (TPSA) is 49.3 Å². The zero-order valence-corrected chi connectivity index (χ0v) is 11.7. The smallest absolute Gasteiger partial charge is 0.321 e. The highest BCUT2D eigenvalue weighted by Crippen LogP contribution is 2.46. The van der Waals surface area contributed by atoms with Gasteiger partial charge in [0.1, 0.15) is 6.04 Å². The summed E-state index contributed by atoms with van der Waals surface area (Å²) in [4.78, 5) is 11.1. The van der Waals surface area contributed by atoms with Crippen molar-refractivity contribution in [3.05, 3.63) is 35.9 Å². The van der Waals surface area contributed by atoms with Crippen LogP contribution < -0.4 is 5.32 Å². The molecule has 19 heavy (non-hydrogen) atoms. The fourth-order valence-corrected chi connectivity index (χ4v) is 4.67. The molecule has 0 aromatic heterocycles. The number of rotatable bonds is 2. The van der Waals surface area contributed by atoms with Gasteiger partial charge in [-0.25, -0.2) is 0 Å². The molecule has 1 aliphatic heterocycles. The van der Waals surface area contributed by atoms with Gasteiger partial charge in [0.25, 0.3) is 0 Å². The van der Waals surface area contributed by atoms with Crippen LogP contribution in [0.25, 0.3) is 0 Å². The molecule has 0 radical (unpaired) electrons. The Hall–Kier alpha value is -1.00. The van der Waals surface area contributed by atoms with E-state index in [4.69, 9.17) is 5.11 Å². The van der Waals surface area contributed by atoms with E-state index in [1.54, 1.807) is 0 Å². The number of aliphatic carboxylic acids is 1. The number of hydrogen-bond acceptors (Lipinski definition) is 3. The summed E-state index contributed by atoms with van der Waals surface area (Å²) in [5.41, 5.74) is 1.43. The van der Waals surface area contributed by atoms with Gasteiger partial charge >= 0.3 is 5.97 Å². The predicted octanol–water partition coefficient (Wildman–Crippen LogP) is 2.83. The molecule has 2 aliphatic rings. The molecule has 1 saturated heterocycles. The molecular formula is C15H19NO2S. The lowest BCUT2D eigenvalue weighted by molar-refractivity contribution is -0.139. The first-order valence-electron chi connectivity index (χ1n) is 6.88. The second kappa shape index (κ2) is 5.17. The SMILES string of the molecule is O=C(O)[C@H]1CSC2(CCC(c3ccccc3)CC2)N1. The van der Waals surface area contributed by atoms with Crippen LogP contribution in [-0.2, 0) is 4.79 Å². The maximum absolute atomic E-state index is 11.0. The fraction of sp³-hybridized carbons (Fsp3) is 0.533. The number of carboxylic acids is 1. The minimum absolute atomic E-state index is 0.0222. The monoisotopic (exact) mass is 277 g/mol. The summed E-state index contributed by atoms with van der Waals surface area (Å²) in [6, 6.07) is 10.3. The van der Waals surface area contributed by atoms with E-state index in [1.165, 1.54) is 5.56 Å². The average Bonchev–Trinajstić information content (AvgIpc) is 2.85. The normalized spacial score (nSPS) is 34.5. The summed E-state index contributed by atoms with van der Waals surface area (Å²) >= 11 is 1.81. The highest BCUT2D eigenvalue weighted by Gasteiger charge is 2.44. The van der Waals surface area contributed by atoms with E-state index in [9.17, 15) is 4.79 Å². The molecule has 1 aromatic carbocycles. The molecule has 1 atom stereocenters. The molecule has 0 amide bonds. The third-order valence-electron chi connectivity index (χ3n) is 4.33. The number of carboxylic acid groups (broad SMARTS) is 1. The molecule has 1 aliphatic carbocycles. The van der Waals surface area contributed by atoms with E-state index in [0.29, 0.717) is 11.7 Å². The average molecular weight is 277 g/mol. The van der Waals surface area contributed by atoms with E-state index in [1.807, 2.05) is 11.8 Å². The zero-order chi connectivity index (χ0) is 13.3. The van der Waals surface area contributed by atoms with Crippen LogP contribution in [-0.4, -0.2) is 27.7 Å². The van der Waals surface area contributed by atoms with Gasteiger partial charge in [-0.15, -0.1) is 11.8 Å². The standard InChI is InChI=1S/C15H19NO2S/c17-14(18)13-10-19-15(16-13)8-6-12(7-9-15)11-4-2-1-3-5-11/h1-5,12-13,16H,6-10H2,(H,17,18)/t12?,13-,15?/m1/s1. The van der Waals surface area contributed by atoms with Crippen molar-refractivity contribution < 1.29 is 9.90 Å². The number of benzene rings is 1. The lowest BCUT2D eigenvalue weighted by atomic mass is 9.81. The summed E-state index contributed by atoms with van der Waals surface area (Å²) in [5.74, 6) is 0.623. The Morgan fingerprint density at radius 1 is 1.26 bits per heavy atom. The summed E-state index contributed by atoms with van der Waals surface area (Å²) in [5, 5.41) is 12.4. The second-order valence-electron chi connectivity index (χ2n) is 5.53. The quantitative estimate of drug-likeness (QED) is 0.872. The molecule has 3 nitrogen and oxygen atoms in total. The zero-order valence-electron chi connectivity index (χ0n) is 10.8. The van der Waals surface area contributed by atoms with Crippen molar-refractivity contribution in [3.8, 4) is 0 Å². The molecule has 1 saturated carbocycles.